The highest BCUT2D eigenvalue weighted by Gasteiger charge is 2.32. The van der Waals surface area contributed by atoms with E-state index < -0.39 is 0 Å². The number of carbonyl (C=O) groups is 1. The molecular weight excluding hydrogens is 262 g/mol. The number of benzene rings is 1. The van der Waals surface area contributed by atoms with E-state index in [9.17, 15) is 4.79 Å². The highest BCUT2D eigenvalue weighted by Crippen LogP contribution is 2.40. The molecular formula is C17H27N3O. The molecule has 1 aliphatic rings. The quantitative estimate of drug-likeness (QED) is 0.772. The molecule has 2 rings (SSSR count). The summed E-state index contributed by atoms with van der Waals surface area (Å²) in [6.07, 6.45) is 6.17. The van der Waals surface area contributed by atoms with Crippen molar-refractivity contribution in [2.24, 2.45) is 11.1 Å². The first kappa shape index (κ1) is 15.8. The highest BCUT2D eigenvalue weighted by molar-refractivity contribution is 5.89. The topological polar surface area (TPSA) is 67.2 Å². The van der Waals surface area contributed by atoms with Gasteiger partial charge in [-0.1, -0.05) is 31.9 Å². The van der Waals surface area contributed by atoms with Gasteiger partial charge in [0.1, 0.15) is 0 Å². The monoisotopic (exact) mass is 289 g/mol. The second-order valence-corrected chi connectivity index (χ2v) is 6.28. The van der Waals surface area contributed by atoms with E-state index in [1.165, 1.54) is 25.7 Å². The maximum absolute atomic E-state index is 12.0. The van der Waals surface area contributed by atoms with E-state index in [-0.39, 0.29) is 12.1 Å². The zero-order valence-corrected chi connectivity index (χ0v) is 13.1. The molecule has 116 valence electrons. The van der Waals surface area contributed by atoms with Crippen molar-refractivity contribution in [2.45, 2.75) is 52.0 Å². The van der Waals surface area contributed by atoms with Gasteiger partial charge < -0.3 is 16.4 Å². The second kappa shape index (κ2) is 6.94. The Morgan fingerprint density at radius 3 is 2.43 bits per heavy atom. The smallest absolute Gasteiger partial charge is 0.319 e. The number of nitrogens with one attached hydrogen (secondary N) is 2. The summed E-state index contributed by atoms with van der Waals surface area (Å²) in [4.78, 5) is 12.0. The second-order valence-electron chi connectivity index (χ2n) is 6.28. The molecule has 1 aromatic carbocycles. The molecule has 0 bridgehead atoms. The SMILES string of the molecule is CCC1(CNC(=O)Nc2ccc(C(C)N)cc2)CCCC1. The van der Waals surface area contributed by atoms with Crippen LogP contribution in [0.4, 0.5) is 10.5 Å². The first-order valence-corrected chi connectivity index (χ1v) is 7.95. The number of carbonyl (C=O) groups excluding carboxylic acids is 1. The van der Waals surface area contributed by atoms with Gasteiger partial charge in [0.2, 0.25) is 0 Å². The lowest BCUT2D eigenvalue weighted by molar-refractivity contribution is 0.234. The van der Waals surface area contributed by atoms with Gasteiger partial charge in [0.15, 0.2) is 0 Å². The van der Waals surface area contributed by atoms with Crippen LogP contribution in [0.1, 0.15) is 57.6 Å². The van der Waals surface area contributed by atoms with Crippen LogP contribution in [0.15, 0.2) is 24.3 Å². The average Bonchev–Trinajstić information content (AvgIpc) is 2.95. The number of nitrogens with two attached hydrogens (primary N) is 1. The minimum Gasteiger partial charge on any atom is -0.337 e. The average molecular weight is 289 g/mol. The summed E-state index contributed by atoms with van der Waals surface area (Å²) in [7, 11) is 0. The Morgan fingerprint density at radius 2 is 1.90 bits per heavy atom. The van der Waals surface area contributed by atoms with Gasteiger partial charge in [-0.05, 0) is 49.3 Å². The fraction of sp³-hybridized carbons (Fsp3) is 0.588. The van der Waals surface area contributed by atoms with Gasteiger partial charge in [-0.25, -0.2) is 4.79 Å². The largest absolute Gasteiger partial charge is 0.337 e. The number of urea groups is 1. The summed E-state index contributed by atoms with van der Waals surface area (Å²) in [6.45, 7) is 4.94. The maximum atomic E-state index is 12.0. The Morgan fingerprint density at radius 1 is 1.29 bits per heavy atom. The Kier molecular flexibility index (Phi) is 5.23. The Labute approximate surface area is 127 Å². The third-order valence-corrected chi connectivity index (χ3v) is 4.73. The predicted octanol–water partition coefficient (Wildman–Crippen LogP) is 3.80. The Hall–Kier alpha value is -1.55. The van der Waals surface area contributed by atoms with Gasteiger partial charge in [0.05, 0.1) is 0 Å². The molecule has 1 unspecified atom stereocenters. The fourth-order valence-corrected chi connectivity index (χ4v) is 3.09. The maximum Gasteiger partial charge on any atom is 0.319 e. The molecule has 0 aliphatic heterocycles. The molecule has 1 aromatic rings. The Bertz CT molecular complexity index is 461. The van der Waals surface area contributed by atoms with Crippen molar-refractivity contribution < 1.29 is 4.79 Å². The van der Waals surface area contributed by atoms with Crippen LogP contribution < -0.4 is 16.4 Å². The third kappa shape index (κ3) is 4.21. The van der Waals surface area contributed by atoms with Crippen molar-refractivity contribution >= 4 is 11.7 Å². The van der Waals surface area contributed by atoms with E-state index in [1.807, 2.05) is 31.2 Å². The molecule has 4 heteroatoms. The standard InChI is InChI=1S/C17H27N3O/c1-3-17(10-4-5-11-17)12-19-16(21)20-15-8-6-14(7-9-15)13(2)18/h6-9,13H,3-5,10-12,18H2,1-2H3,(H2,19,20,21). The van der Waals surface area contributed by atoms with Crippen molar-refractivity contribution in [2.75, 3.05) is 11.9 Å². The molecule has 0 radical (unpaired) electrons. The van der Waals surface area contributed by atoms with Crippen LogP contribution in [-0.2, 0) is 0 Å². The zero-order chi connectivity index (χ0) is 15.3. The minimum atomic E-state index is -0.122. The first-order valence-electron chi connectivity index (χ1n) is 7.95. The van der Waals surface area contributed by atoms with Gasteiger partial charge in [0, 0.05) is 18.3 Å². The van der Waals surface area contributed by atoms with Crippen LogP contribution in [0.5, 0.6) is 0 Å². The van der Waals surface area contributed by atoms with E-state index in [1.54, 1.807) is 0 Å². The molecule has 2 amide bonds. The minimum absolute atomic E-state index is 0.0136. The van der Waals surface area contributed by atoms with Crippen LogP contribution in [-0.4, -0.2) is 12.6 Å². The van der Waals surface area contributed by atoms with Crippen molar-refractivity contribution in [3.63, 3.8) is 0 Å². The van der Waals surface area contributed by atoms with Crippen molar-refractivity contribution in [3.8, 4) is 0 Å². The zero-order valence-electron chi connectivity index (χ0n) is 13.1. The van der Waals surface area contributed by atoms with Crippen LogP contribution in [0.3, 0.4) is 0 Å². The van der Waals surface area contributed by atoms with E-state index >= 15 is 0 Å². The summed E-state index contributed by atoms with van der Waals surface area (Å²) in [5.74, 6) is 0. The van der Waals surface area contributed by atoms with Crippen LogP contribution in [0.25, 0.3) is 0 Å². The van der Waals surface area contributed by atoms with Gasteiger partial charge in [-0.15, -0.1) is 0 Å². The molecule has 0 heterocycles. The first-order chi connectivity index (χ1) is 10.0. The molecule has 0 spiro atoms. The number of hydrogen-bond acceptors (Lipinski definition) is 2. The molecule has 21 heavy (non-hydrogen) atoms. The summed E-state index contributed by atoms with van der Waals surface area (Å²) in [5.41, 5.74) is 7.99. The molecule has 1 atom stereocenters. The third-order valence-electron chi connectivity index (χ3n) is 4.73. The van der Waals surface area contributed by atoms with Crippen LogP contribution >= 0.6 is 0 Å². The van der Waals surface area contributed by atoms with Gasteiger partial charge in [-0.3, -0.25) is 0 Å². The summed E-state index contributed by atoms with van der Waals surface area (Å²) >= 11 is 0. The van der Waals surface area contributed by atoms with Crippen LogP contribution in [0, 0.1) is 5.41 Å². The van der Waals surface area contributed by atoms with Crippen LogP contribution in [0.2, 0.25) is 0 Å². The van der Waals surface area contributed by atoms with E-state index in [4.69, 9.17) is 5.73 Å². The van der Waals surface area contributed by atoms with Gasteiger partial charge in [0.25, 0.3) is 0 Å². The lowest BCUT2D eigenvalue weighted by Gasteiger charge is -2.27. The Balaban J connectivity index is 1.84. The summed E-state index contributed by atoms with van der Waals surface area (Å²) < 4.78 is 0. The molecule has 4 N–H and O–H groups in total. The van der Waals surface area contributed by atoms with E-state index in [0.29, 0.717) is 5.41 Å². The molecule has 0 aromatic heterocycles. The van der Waals surface area contributed by atoms with Crippen molar-refractivity contribution in [1.82, 2.24) is 5.32 Å². The number of anilines is 1. The molecule has 1 fully saturated rings. The number of amides is 2. The lowest BCUT2D eigenvalue weighted by atomic mass is 9.83. The molecule has 4 nitrogen and oxygen atoms in total. The van der Waals surface area contributed by atoms with Gasteiger partial charge >= 0.3 is 6.03 Å². The molecule has 1 saturated carbocycles. The summed E-state index contributed by atoms with van der Waals surface area (Å²) in [5, 5.41) is 5.91. The summed E-state index contributed by atoms with van der Waals surface area (Å²) in [6, 6.07) is 7.57. The van der Waals surface area contributed by atoms with Crippen molar-refractivity contribution in [1.29, 1.82) is 0 Å². The highest BCUT2D eigenvalue weighted by atomic mass is 16.2. The fourth-order valence-electron chi connectivity index (χ4n) is 3.09. The normalized spacial score (nSPS) is 18.2. The van der Waals surface area contributed by atoms with E-state index in [0.717, 1.165) is 24.2 Å². The number of hydrogen-bond donors (Lipinski definition) is 3. The molecule has 0 saturated heterocycles. The van der Waals surface area contributed by atoms with Gasteiger partial charge in [-0.2, -0.15) is 0 Å². The van der Waals surface area contributed by atoms with E-state index in [2.05, 4.69) is 17.6 Å². The van der Waals surface area contributed by atoms with Crippen molar-refractivity contribution in [3.05, 3.63) is 29.8 Å². The molecule has 1 aliphatic carbocycles. The predicted molar refractivity (Wildman–Crippen MR) is 87.3 cm³/mol. The number of rotatable bonds is 5. The lowest BCUT2D eigenvalue weighted by Crippen LogP contribution is -2.38.